The number of aromatic nitrogens is 2. The predicted molar refractivity (Wildman–Crippen MR) is 109 cm³/mol. The van der Waals surface area contributed by atoms with Crippen LogP contribution in [0.2, 0.25) is 0 Å². The Labute approximate surface area is 168 Å². The van der Waals surface area contributed by atoms with Crippen molar-refractivity contribution < 1.29 is 14.3 Å². The van der Waals surface area contributed by atoms with Crippen molar-refractivity contribution in [3.8, 4) is 10.4 Å². The van der Waals surface area contributed by atoms with Gasteiger partial charge >= 0.3 is 5.97 Å². The fourth-order valence-corrected chi connectivity index (χ4v) is 4.62. The monoisotopic (exact) mass is 420 g/mol. The lowest BCUT2D eigenvalue weighted by Gasteiger charge is -2.05. The lowest BCUT2D eigenvalue weighted by Crippen LogP contribution is -2.16. The summed E-state index contributed by atoms with van der Waals surface area (Å²) in [5, 5.41) is 10.7. The first-order valence-electron chi connectivity index (χ1n) is 7.94. The van der Waals surface area contributed by atoms with Crippen LogP contribution in [0.15, 0.2) is 40.7 Å². The molecule has 0 atom stereocenters. The second-order valence-corrected chi connectivity index (χ2v) is 8.47. The van der Waals surface area contributed by atoms with Crippen LogP contribution in [0.5, 0.6) is 0 Å². The van der Waals surface area contributed by atoms with Gasteiger partial charge in [0.1, 0.15) is 4.88 Å². The van der Waals surface area contributed by atoms with Crippen molar-refractivity contribution in [2.24, 2.45) is 0 Å². The van der Waals surface area contributed by atoms with Gasteiger partial charge in [-0.25, -0.2) is 4.79 Å². The maximum atomic E-state index is 12.3. The SMILES string of the molecule is CCOC(=O)c1sc(-c2ccccc2)cc1NC(=O)CSc1nnc(N)s1. The van der Waals surface area contributed by atoms with Crippen LogP contribution < -0.4 is 11.1 Å². The highest BCUT2D eigenvalue weighted by atomic mass is 32.2. The number of rotatable bonds is 7. The zero-order valence-corrected chi connectivity index (χ0v) is 16.7. The van der Waals surface area contributed by atoms with Gasteiger partial charge in [-0.3, -0.25) is 4.79 Å². The topological polar surface area (TPSA) is 107 Å². The summed E-state index contributed by atoms with van der Waals surface area (Å²) in [6.45, 7) is 2.01. The number of nitrogens with one attached hydrogen (secondary N) is 1. The Morgan fingerprint density at radius 3 is 2.67 bits per heavy atom. The van der Waals surface area contributed by atoms with Gasteiger partial charge in [-0.1, -0.05) is 53.4 Å². The van der Waals surface area contributed by atoms with Crippen molar-refractivity contribution in [2.45, 2.75) is 11.3 Å². The van der Waals surface area contributed by atoms with Crippen LogP contribution in [0.1, 0.15) is 16.6 Å². The van der Waals surface area contributed by atoms with Crippen molar-refractivity contribution in [1.29, 1.82) is 0 Å². The summed E-state index contributed by atoms with van der Waals surface area (Å²) in [5.41, 5.74) is 6.94. The summed E-state index contributed by atoms with van der Waals surface area (Å²) in [6.07, 6.45) is 0. The zero-order valence-electron chi connectivity index (χ0n) is 14.3. The number of nitrogens with two attached hydrogens (primary N) is 1. The van der Waals surface area contributed by atoms with E-state index in [9.17, 15) is 9.59 Å². The first kappa shape index (κ1) is 19.3. The van der Waals surface area contributed by atoms with E-state index in [0.717, 1.165) is 10.4 Å². The van der Waals surface area contributed by atoms with Gasteiger partial charge < -0.3 is 15.8 Å². The third kappa shape index (κ3) is 5.06. The van der Waals surface area contributed by atoms with Crippen LogP contribution >= 0.6 is 34.4 Å². The minimum absolute atomic E-state index is 0.132. The first-order valence-corrected chi connectivity index (χ1v) is 10.6. The molecule has 1 aromatic carbocycles. The summed E-state index contributed by atoms with van der Waals surface area (Å²) >= 11 is 3.74. The van der Waals surface area contributed by atoms with Crippen molar-refractivity contribution in [3.63, 3.8) is 0 Å². The van der Waals surface area contributed by atoms with Crippen LogP contribution in [0.3, 0.4) is 0 Å². The average molecular weight is 421 g/mol. The molecule has 0 spiro atoms. The number of nitrogen functional groups attached to an aromatic ring is 1. The molecule has 3 rings (SSSR count). The molecule has 0 aliphatic carbocycles. The standard InChI is InChI=1S/C17H16N4O3S3/c1-2-24-15(23)14-11(8-12(26-14)10-6-4-3-5-7-10)19-13(22)9-25-17-21-20-16(18)27-17/h3-8H,2,9H2,1H3,(H2,18,20)(H,19,22). The molecule has 1 amide bonds. The molecular weight excluding hydrogens is 404 g/mol. The van der Waals surface area contributed by atoms with E-state index in [1.165, 1.54) is 34.4 Å². The number of ether oxygens (including phenoxy) is 1. The molecule has 0 saturated heterocycles. The molecule has 0 fully saturated rings. The van der Waals surface area contributed by atoms with E-state index in [-0.39, 0.29) is 18.3 Å². The van der Waals surface area contributed by atoms with Crippen molar-refractivity contribution in [1.82, 2.24) is 10.2 Å². The highest BCUT2D eigenvalue weighted by Crippen LogP contribution is 2.35. The molecule has 3 aromatic rings. The molecule has 0 aliphatic rings. The molecule has 27 heavy (non-hydrogen) atoms. The maximum Gasteiger partial charge on any atom is 0.350 e. The molecule has 0 bridgehead atoms. The third-order valence-corrected chi connectivity index (χ3v) is 6.32. The van der Waals surface area contributed by atoms with Crippen molar-refractivity contribution in [2.75, 3.05) is 23.4 Å². The van der Waals surface area contributed by atoms with E-state index in [2.05, 4.69) is 15.5 Å². The number of nitrogens with zero attached hydrogens (tertiary/aromatic N) is 2. The van der Waals surface area contributed by atoms with Crippen LogP contribution in [0.25, 0.3) is 10.4 Å². The first-order chi connectivity index (χ1) is 13.1. The number of benzene rings is 1. The molecule has 0 aliphatic heterocycles. The van der Waals surface area contributed by atoms with Crippen LogP contribution in [0, 0.1) is 0 Å². The summed E-state index contributed by atoms with van der Waals surface area (Å²) in [6, 6.07) is 11.4. The Balaban J connectivity index is 1.76. The number of anilines is 2. The smallest absolute Gasteiger partial charge is 0.350 e. The Hall–Kier alpha value is -2.43. The summed E-state index contributed by atoms with van der Waals surface area (Å²) in [4.78, 5) is 25.8. The minimum atomic E-state index is -0.454. The number of carbonyl (C=O) groups is 2. The van der Waals surface area contributed by atoms with E-state index in [1.54, 1.807) is 13.0 Å². The van der Waals surface area contributed by atoms with Crippen molar-refractivity contribution in [3.05, 3.63) is 41.3 Å². The van der Waals surface area contributed by atoms with E-state index >= 15 is 0 Å². The Bertz CT molecular complexity index is 940. The Morgan fingerprint density at radius 2 is 2.00 bits per heavy atom. The zero-order chi connectivity index (χ0) is 19.2. The van der Waals surface area contributed by atoms with Gasteiger partial charge in [-0.15, -0.1) is 21.5 Å². The van der Waals surface area contributed by atoms with Gasteiger partial charge in [0.25, 0.3) is 0 Å². The highest BCUT2D eigenvalue weighted by Gasteiger charge is 2.20. The number of amides is 1. The largest absolute Gasteiger partial charge is 0.462 e. The number of carbonyl (C=O) groups excluding carboxylic acids is 2. The van der Waals surface area contributed by atoms with E-state index in [0.29, 0.717) is 20.0 Å². The van der Waals surface area contributed by atoms with Crippen LogP contribution in [-0.2, 0) is 9.53 Å². The molecule has 7 nitrogen and oxygen atoms in total. The molecule has 0 unspecified atom stereocenters. The fourth-order valence-electron chi connectivity index (χ4n) is 2.17. The fraction of sp³-hybridized carbons (Fsp3) is 0.176. The molecule has 2 aromatic heterocycles. The van der Waals surface area contributed by atoms with Gasteiger partial charge in [0.15, 0.2) is 4.34 Å². The normalized spacial score (nSPS) is 10.6. The van der Waals surface area contributed by atoms with Crippen LogP contribution in [0.4, 0.5) is 10.8 Å². The third-order valence-electron chi connectivity index (χ3n) is 3.27. The van der Waals surface area contributed by atoms with Gasteiger partial charge in [0, 0.05) is 4.88 Å². The highest BCUT2D eigenvalue weighted by molar-refractivity contribution is 8.01. The molecule has 2 heterocycles. The summed E-state index contributed by atoms with van der Waals surface area (Å²) in [7, 11) is 0. The van der Waals surface area contributed by atoms with Crippen LogP contribution in [-0.4, -0.2) is 34.4 Å². The lowest BCUT2D eigenvalue weighted by molar-refractivity contribution is -0.113. The molecule has 0 saturated carbocycles. The number of thioether (sulfide) groups is 1. The quantitative estimate of drug-likeness (QED) is 0.443. The summed E-state index contributed by atoms with van der Waals surface area (Å²) in [5.74, 6) is -0.575. The molecule has 3 N–H and O–H groups in total. The maximum absolute atomic E-state index is 12.3. The Kier molecular flexibility index (Phi) is 6.43. The summed E-state index contributed by atoms with van der Waals surface area (Å²) < 4.78 is 5.73. The molecular formula is C17H16N4O3S3. The molecule has 10 heteroatoms. The predicted octanol–water partition coefficient (Wildman–Crippen LogP) is 3.76. The Morgan fingerprint density at radius 1 is 1.22 bits per heavy atom. The number of thiophene rings is 1. The van der Waals surface area contributed by atoms with Gasteiger partial charge in [0.05, 0.1) is 18.0 Å². The second-order valence-electron chi connectivity index (χ2n) is 5.18. The number of hydrogen-bond donors (Lipinski definition) is 2. The average Bonchev–Trinajstić information content (AvgIpc) is 3.27. The van der Waals surface area contributed by atoms with Gasteiger partial charge in [-0.2, -0.15) is 0 Å². The number of hydrogen-bond acceptors (Lipinski definition) is 9. The van der Waals surface area contributed by atoms with Crippen molar-refractivity contribution >= 4 is 57.1 Å². The van der Waals surface area contributed by atoms with Gasteiger partial charge in [-0.05, 0) is 18.6 Å². The number of esters is 1. The van der Waals surface area contributed by atoms with E-state index in [1.807, 2.05) is 30.3 Å². The van der Waals surface area contributed by atoms with E-state index in [4.69, 9.17) is 10.5 Å². The minimum Gasteiger partial charge on any atom is -0.462 e. The molecule has 0 radical (unpaired) electrons. The lowest BCUT2D eigenvalue weighted by atomic mass is 10.2. The second kappa shape index (κ2) is 8.98. The van der Waals surface area contributed by atoms with E-state index < -0.39 is 5.97 Å². The van der Waals surface area contributed by atoms with Gasteiger partial charge in [0.2, 0.25) is 11.0 Å². The molecule has 140 valence electrons.